The van der Waals surface area contributed by atoms with Crippen LogP contribution in [0.3, 0.4) is 0 Å². The number of ether oxygens (including phenoxy) is 8. The fraction of sp³-hybridized carbons (Fsp3) is 0.958. The summed E-state index contributed by atoms with van der Waals surface area (Å²) in [6.45, 7) is 18.0. The van der Waals surface area contributed by atoms with Gasteiger partial charge in [0.1, 0.15) is 67.1 Å². The SMILES string of the molecule is C=C(C)C(C)C1CC(C)(O)C2C3CCC4C5(C)CCC(OC6OC(CO)C(O)C(OC7OC(CO)C(OS(=O)(=O)O)C(O)C7O)C6OC6OC(O)C(O)C(O)C6O)C(C)(C)C5CCC4(C)C34COC2(C4)O1. The predicted octanol–water partition coefficient (Wildman–Crippen LogP) is -0.642. The van der Waals surface area contributed by atoms with E-state index in [0.717, 1.165) is 37.7 Å². The molecule has 27 unspecified atom stereocenters. The van der Waals surface area contributed by atoms with Gasteiger partial charge in [-0.15, -0.1) is 0 Å². The maximum Gasteiger partial charge on any atom is 0.397 e. The molecule has 4 aliphatic carbocycles. The highest BCUT2D eigenvalue weighted by Gasteiger charge is 2.81. The molecular weight excluding hydrogens is 961 g/mol. The highest BCUT2D eigenvalue weighted by Crippen LogP contribution is 2.80. The van der Waals surface area contributed by atoms with Crippen molar-refractivity contribution in [3.05, 3.63) is 12.2 Å². The monoisotopic (exact) mass is 1040 g/mol. The summed E-state index contributed by atoms with van der Waals surface area (Å²) in [4.78, 5) is 0. The Bertz CT molecular complexity index is 2080. The quantitative estimate of drug-likeness (QED) is 0.0658. The molecule has 9 fully saturated rings. The molecule has 22 nitrogen and oxygen atoms in total. The Labute approximate surface area is 414 Å². The molecule has 4 saturated carbocycles. The van der Waals surface area contributed by atoms with Gasteiger partial charge in [0, 0.05) is 30.1 Å². The molecule has 0 radical (unpaired) electrons. The van der Waals surface area contributed by atoms with Gasteiger partial charge in [-0.25, -0.2) is 4.18 Å². The largest absolute Gasteiger partial charge is 0.397 e. The number of fused-ring (bicyclic) bond motifs is 4. The average molecular weight is 1040 g/mol. The van der Waals surface area contributed by atoms with Crippen LogP contribution in [0.1, 0.15) is 99.8 Å². The number of rotatable bonds is 12. The highest BCUT2D eigenvalue weighted by molar-refractivity contribution is 7.80. The molecule has 408 valence electrons. The van der Waals surface area contributed by atoms with Gasteiger partial charge in [-0.1, -0.05) is 46.8 Å². The second-order valence-corrected chi connectivity index (χ2v) is 25.0. The van der Waals surface area contributed by atoms with E-state index < -0.39 is 139 Å². The minimum Gasteiger partial charge on any atom is -0.394 e. The summed E-state index contributed by atoms with van der Waals surface area (Å²) >= 11 is 0. The first-order chi connectivity index (χ1) is 33.0. The summed E-state index contributed by atoms with van der Waals surface area (Å²) in [7, 11) is -5.24. The van der Waals surface area contributed by atoms with E-state index in [1.165, 1.54) is 0 Å². The molecule has 9 rings (SSSR count). The van der Waals surface area contributed by atoms with E-state index in [1.807, 2.05) is 13.8 Å². The fourth-order valence-corrected chi connectivity index (χ4v) is 16.7. The maximum absolute atomic E-state index is 12.4. The summed E-state index contributed by atoms with van der Waals surface area (Å²) in [6.07, 6.45) is -23.5. The lowest BCUT2D eigenvalue weighted by Gasteiger charge is -2.70. The summed E-state index contributed by atoms with van der Waals surface area (Å²) in [5.41, 5.74) is -1.22. The predicted molar refractivity (Wildman–Crippen MR) is 241 cm³/mol. The molecule has 0 aromatic rings. The molecular formula is C48H78O22S. The molecule has 2 spiro atoms. The van der Waals surface area contributed by atoms with E-state index in [-0.39, 0.29) is 51.9 Å². The van der Waals surface area contributed by atoms with E-state index in [1.54, 1.807) is 0 Å². The summed E-state index contributed by atoms with van der Waals surface area (Å²) in [5.74, 6) is -0.497. The van der Waals surface area contributed by atoms with E-state index in [2.05, 4.69) is 45.4 Å². The van der Waals surface area contributed by atoms with Crippen LogP contribution in [-0.2, 0) is 52.5 Å². The van der Waals surface area contributed by atoms with Crippen molar-refractivity contribution in [1.29, 1.82) is 0 Å². The van der Waals surface area contributed by atoms with E-state index in [0.29, 0.717) is 25.9 Å². The molecule has 0 aromatic heterocycles. The van der Waals surface area contributed by atoms with Crippen LogP contribution in [0.25, 0.3) is 0 Å². The lowest BCUT2D eigenvalue weighted by atomic mass is 9.35. The first-order valence-corrected chi connectivity index (χ1v) is 26.6. The molecule has 2 bridgehead atoms. The second-order valence-electron chi connectivity index (χ2n) is 24.0. The van der Waals surface area contributed by atoms with Gasteiger partial charge in [0.25, 0.3) is 0 Å². The molecule has 0 aromatic carbocycles. The zero-order chi connectivity index (χ0) is 51.9. The summed E-state index contributed by atoms with van der Waals surface area (Å²) in [5, 5.41) is 109. The third-order valence-electron chi connectivity index (χ3n) is 19.9. The average Bonchev–Trinajstić information content (AvgIpc) is 3.82. The molecule has 71 heavy (non-hydrogen) atoms. The Morgan fingerprint density at radius 1 is 0.732 bits per heavy atom. The molecule has 0 amide bonds. The molecule has 23 heteroatoms. The Morgan fingerprint density at radius 3 is 2.01 bits per heavy atom. The van der Waals surface area contributed by atoms with Crippen molar-refractivity contribution in [1.82, 2.24) is 0 Å². The van der Waals surface area contributed by atoms with Crippen LogP contribution >= 0.6 is 0 Å². The Balaban J connectivity index is 0.994. The van der Waals surface area contributed by atoms with E-state index >= 15 is 0 Å². The molecule has 27 atom stereocenters. The van der Waals surface area contributed by atoms with E-state index in [9.17, 15) is 64.0 Å². The summed E-state index contributed by atoms with van der Waals surface area (Å²) in [6, 6.07) is 0. The van der Waals surface area contributed by atoms with Gasteiger partial charge in [-0.05, 0) is 86.4 Å². The Kier molecular flexibility index (Phi) is 14.5. The topological polar surface area (TPSA) is 340 Å². The normalized spacial score (nSPS) is 55.1. The number of aliphatic hydroxyl groups is 10. The van der Waals surface area contributed by atoms with Crippen molar-refractivity contribution < 1.29 is 106 Å². The number of aliphatic hydroxyl groups excluding tert-OH is 9. The van der Waals surface area contributed by atoms with Gasteiger partial charge >= 0.3 is 10.4 Å². The van der Waals surface area contributed by atoms with Crippen molar-refractivity contribution in [3.63, 3.8) is 0 Å². The standard InChI is InChI=1S/C48H78O22S/c1-20(2)21(3)23-15-46(8,58)38-22-9-10-27-44(6)13-12-28(43(4,5)26(44)11-14-45(27,7)47(22)18-48(38,69-23)62-19-47)65-42-37(67-41-33(55)30(52)32(54)39(57)68-41)36(29(51)24(16-49)63-42)66-40-34(56)31(53)35(25(17-50)64-40)70-71(59,60)61/h21-42,49-58H,1,9-19H2,2-8H3,(H,59,60,61). The molecule has 5 heterocycles. The van der Waals surface area contributed by atoms with Gasteiger partial charge < -0.3 is 89.0 Å². The first-order valence-electron chi connectivity index (χ1n) is 25.3. The fourth-order valence-electron chi connectivity index (χ4n) is 16.2. The van der Waals surface area contributed by atoms with Crippen LogP contribution in [0.5, 0.6) is 0 Å². The zero-order valence-electron chi connectivity index (χ0n) is 41.5. The minimum absolute atomic E-state index is 0.0386. The molecule has 5 aliphatic heterocycles. The van der Waals surface area contributed by atoms with Crippen LogP contribution in [0, 0.1) is 51.2 Å². The minimum atomic E-state index is -5.24. The molecule has 5 saturated heterocycles. The van der Waals surface area contributed by atoms with Crippen molar-refractivity contribution >= 4 is 10.4 Å². The van der Waals surface area contributed by atoms with Crippen LogP contribution in [0.4, 0.5) is 0 Å². The van der Waals surface area contributed by atoms with Gasteiger partial charge in [-0.2, -0.15) is 8.42 Å². The maximum atomic E-state index is 12.4. The second kappa shape index (κ2) is 18.8. The number of hydrogen-bond acceptors (Lipinski definition) is 21. The Morgan fingerprint density at radius 2 is 1.37 bits per heavy atom. The lowest BCUT2D eigenvalue weighted by Crippen LogP contribution is -2.69. The zero-order valence-corrected chi connectivity index (χ0v) is 42.3. The van der Waals surface area contributed by atoms with Crippen LogP contribution < -0.4 is 0 Å². The van der Waals surface area contributed by atoms with Crippen LogP contribution in [0.2, 0.25) is 0 Å². The van der Waals surface area contributed by atoms with Gasteiger partial charge in [0.05, 0.1) is 37.6 Å². The van der Waals surface area contributed by atoms with Crippen LogP contribution in [-0.4, -0.2) is 200 Å². The number of hydrogen-bond donors (Lipinski definition) is 11. The van der Waals surface area contributed by atoms with Crippen molar-refractivity contribution in [2.45, 2.75) is 216 Å². The smallest absolute Gasteiger partial charge is 0.394 e. The third-order valence-corrected chi connectivity index (χ3v) is 20.3. The Hall–Kier alpha value is -1.11. The van der Waals surface area contributed by atoms with Crippen molar-refractivity contribution in [2.75, 3.05) is 19.8 Å². The third kappa shape index (κ3) is 8.64. The summed E-state index contributed by atoms with van der Waals surface area (Å²) < 4.78 is 87.5. The van der Waals surface area contributed by atoms with Crippen molar-refractivity contribution in [3.8, 4) is 0 Å². The first kappa shape index (κ1) is 54.7. The molecule has 9 aliphatic rings. The van der Waals surface area contributed by atoms with Crippen molar-refractivity contribution in [2.24, 2.45) is 51.2 Å². The van der Waals surface area contributed by atoms with Crippen LogP contribution in [0.15, 0.2) is 12.2 Å². The van der Waals surface area contributed by atoms with Gasteiger partial charge in [-0.3, -0.25) is 4.55 Å². The van der Waals surface area contributed by atoms with E-state index in [4.69, 9.17) is 37.9 Å². The highest BCUT2D eigenvalue weighted by atomic mass is 32.3. The van der Waals surface area contributed by atoms with Gasteiger partial charge in [0.2, 0.25) is 0 Å². The molecule has 11 N–H and O–H groups in total. The van der Waals surface area contributed by atoms with Gasteiger partial charge in [0.15, 0.2) is 30.9 Å². The lowest BCUT2D eigenvalue weighted by molar-refractivity contribution is -0.408.